The lowest BCUT2D eigenvalue weighted by molar-refractivity contribution is 0.454. The first-order valence-corrected chi connectivity index (χ1v) is 7.38. The quantitative estimate of drug-likeness (QED) is 0.673. The van der Waals surface area contributed by atoms with E-state index in [1.165, 1.54) is 12.4 Å². The molecule has 0 bridgehead atoms. The van der Waals surface area contributed by atoms with E-state index in [1.807, 2.05) is 37.3 Å². The van der Waals surface area contributed by atoms with Gasteiger partial charge in [0.2, 0.25) is 5.88 Å². The van der Waals surface area contributed by atoms with E-state index in [0.717, 1.165) is 17.5 Å². The van der Waals surface area contributed by atoms with Gasteiger partial charge in [-0.15, -0.1) is 0 Å². The Morgan fingerprint density at radius 1 is 1.09 bits per heavy atom. The minimum Gasteiger partial charge on any atom is -0.439 e. The Balaban J connectivity index is 1.85. The molecule has 0 aliphatic heterocycles. The molecule has 3 rings (SSSR count). The van der Waals surface area contributed by atoms with Crippen molar-refractivity contribution in [1.82, 2.24) is 15.0 Å². The molecule has 0 unspecified atom stereocenters. The average molecular weight is 313 g/mol. The highest BCUT2D eigenvalue weighted by Gasteiger charge is 2.09. The summed E-state index contributed by atoms with van der Waals surface area (Å²) in [6.45, 7) is 1.84. The van der Waals surface area contributed by atoms with Crippen molar-refractivity contribution in [2.45, 2.75) is 17.0 Å². The summed E-state index contributed by atoms with van der Waals surface area (Å²) < 4.78 is 19.4. The Hall–Kier alpha value is -2.47. The van der Waals surface area contributed by atoms with Gasteiger partial charge in [-0.2, -0.15) is 4.98 Å². The second kappa shape index (κ2) is 6.53. The topological polar surface area (TPSA) is 47.9 Å². The van der Waals surface area contributed by atoms with Gasteiger partial charge in [0.05, 0.1) is 11.1 Å². The van der Waals surface area contributed by atoms with Crippen LogP contribution in [0.3, 0.4) is 0 Å². The van der Waals surface area contributed by atoms with Crippen LogP contribution in [0.1, 0.15) is 5.69 Å². The van der Waals surface area contributed by atoms with Gasteiger partial charge in [-0.1, -0.05) is 18.2 Å². The molecule has 0 aliphatic rings. The molecule has 0 spiro atoms. The largest absolute Gasteiger partial charge is 0.439 e. The van der Waals surface area contributed by atoms with Gasteiger partial charge in [0.25, 0.3) is 0 Å². The molecule has 0 fully saturated rings. The highest BCUT2D eigenvalue weighted by Crippen LogP contribution is 2.29. The van der Waals surface area contributed by atoms with E-state index in [1.54, 1.807) is 12.1 Å². The van der Waals surface area contributed by atoms with Crippen LogP contribution in [0, 0.1) is 12.7 Å². The van der Waals surface area contributed by atoms with Crippen LogP contribution in [0.4, 0.5) is 4.39 Å². The summed E-state index contributed by atoms with van der Waals surface area (Å²) in [5, 5.41) is 0.427. The second-order valence-corrected chi connectivity index (χ2v) is 5.46. The summed E-state index contributed by atoms with van der Waals surface area (Å²) in [5.41, 5.74) is 0.748. The van der Waals surface area contributed by atoms with Crippen molar-refractivity contribution < 1.29 is 9.13 Å². The Bertz CT molecular complexity index is 783. The van der Waals surface area contributed by atoms with Gasteiger partial charge in [-0.05, 0) is 36.9 Å². The van der Waals surface area contributed by atoms with Gasteiger partial charge in [0, 0.05) is 18.0 Å². The summed E-state index contributed by atoms with van der Waals surface area (Å²) in [4.78, 5) is 12.8. The number of aromatic nitrogens is 3. The molecule has 2 aromatic heterocycles. The molecule has 4 nitrogen and oxygen atoms in total. The first-order chi connectivity index (χ1) is 10.7. The summed E-state index contributed by atoms with van der Waals surface area (Å²) >= 11 is 1.14. The first kappa shape index (κ1) is 14.5. The van der Waals surface area contributed by atoms with Crippen LogP contribution in [-0.4, -0.2) is 15.0 Å². The number of hydrogen-bond donors (Lipinski definition) is 0. The fourth-order valence-corrected chi connectivity index (χ4v) is 2.57. The van der Waals surface area contributed by atoms with E-state index in [-0.39, 0.29) is 0 Å². The third-order valence-corrected chi connectivity index (χ3v) is 3.63. The lowest BCUT2D eigenvalue weighted by atomic mass is 10.3. The van der Waals surface area contributed by atoms with Gasteiger partial charge in [-0.25, -0.2) is 9.37 Å². The predicted octanol–water partition coefficient (Wildman–Crippen LogP) is 4.26. The number of hydrogen-bond acceptors (Lipinski definition) is 5. The van der Waals surface area contributed by atoms with Crippen LogP contribution in [0.2, 0.25) is 0 Å². The molecule has 0 radical (unpaired) electrons. The third-order valence-electron chi connectivity index (χ3n) is 2.71. The Morgan fingerprint density at radius 3 is 2.68 bits per heavy atom. The summed E-state index contributed by atoms with van der Waals surface area (Å²) in [7, 11) is 0. The molecule has 2 heterocycles. The Kier molecular flexibility index (Phi) is 4.29. The number of rotatable bonds is 4. The minimum atomic E-state index is -0.400. The molecular weight excluding hydrogens is 301 g/mol. The van der Waals surface area contributed by atoms with Crippen molar-refractivity contribution in [2.75, 3.05) is 0 Å². The van der Waals surface area contributed by atoms with Gasteiger partial charge in [0.1, 0.15) is 5.75 Å². The highest BCUT2D eigenvalue weighted by molar-refractivity contribution is 7.99. The average Bonchev–Trinajstić information content (AvgIpc) is 2.50. The lowest BCUT2D eigenvalue weighted by Gasteiger charge is -2.07. The Labute approximate surface area is 131 Å². The smallest absolute Gasteiger partial charge is 0.223 e. The van der Waals surface area contributed by atoms with Crippen molar-refractivity contribution in [2.24, 2.45) is 0 Å². The molecule has 0 saturated heterocycles. The van der Waals surface area contributed by atoms with Crippen molar-refractivity contribution in [3.05, 3.63) is 66.4 Å². The predicted molar refractivity (Wildman–Crippen MR) is 81.6 cm³/mol. The zero-order valence-electron chi connectivity index (χ0n) is 11.7. The second-order valence-electron chi connectivity index (χ2n) is 4.45. The third kappa shape index (κ3) is 3.59. The number of para-hydroxylation sites is 1. The van der Waals surface area contributed by atoms with Crippen molar-refractivity contribution in [3.8, 4) is 11.6 Å². The maximum absolute atomic E-state index is 13.7. The van der Waals surface area contributed by atoms with Crippen LogP contribution in [0.25, 0.3) is 0 Å². The SMILES string of the molecule is Cc1cc(Oc2ccccc2)nc(Sc2ccncc2F)n1. The number of halogens is 1. The molecule has 22 heavy (non-hydrogen) atoms. The summed E-state index contributed by atoms with van der Waals surface area (Å²) in [6.07, 6.45) is 2.70. The summed E-state index contributed by atoms with van der Waals surface area (Å²) in [6, 6.07) is 12.7. The highest BCUT2D eigenvalue weighted by atomic mass is 32.2. The Morgan fingerprint density at radius 2 is 1.91 bits per heavy atom. The molecule has 0 saturated carbocycles. The van der Waals surface area contributed by atoms with Gasteiger partial charge in [0.15, 0.2) is 11.0 Å². The van der Waals surface area contributed by atoms with Crippen LogP contribution in [0.15, 0.2) is 64.9 Å². The molecule has 0 N–H and O–H groups in total. The number of ether oxygens (including phenoxy) is 1. The van der Waals surface area contributed by atoms with Crippen LogP contribution in [-0.2, 0) is 0 Å². The van der Waals surface area contributed by atoms with Crippen LogP contribution < -0.4 is 4.74 Å². The zero-order valence-corrected chi connectivity index (χ0v) is 12.5. The maximum atomic E-state index is 13.7. The molecular formula is C16H12FN3OS. The van der Waals surface area contributed by atoms with Gasteiger partial charge in [-0.3, -0.25) is 4.98 Å². The summed E-state index contributed by atoms with van der Waals surface area (Å²) in [5.74, 6) is 0.713. The van der Waals surface area contributed by atoms with E-state index >= 15 is 0 Å². The van der Waals surface area contributed by atoms with Crippen LogP contribution in [0.5, 0.6) is 11.6 Å². The van der Waals surface area contributed by atoms with E-state index < -0.39 is 5.82 Å². The number of aryl methyl sites for hydroxylation is 1. The number of benzene rings is 1. The first-order valence-electron chi connectivity index (χ1n) is 6.57. The fraction of sp³-hybridized carbons (Fsp3) is 0.0625. The molecule has 1 aromatic carbocycles. The van der Waals surface area contributed by atoms with Crippen molar-refractivity contribution in [1.29, 1.82) is 0 Å². The monoisotopic (exact) mass is 313 g/mol. The minimum absolute atomic E-state index is 0.400. The van der Waals surface area contributed by atoms with E-state index in [4.69, 9.17) is 4.74 Å². The number of nitrogens with zero attached hydrogens (tertiary/aromatic N) is 3. The molecule has 0 atom stereocenters. The molecule has 0 amide bonds. The maximum Gasteiger partial charge on any atom is 0.223 e. The fourth-order valence-electron chi connectivity index (χ4n) is 1.76. The number of pyridine rings is 1. The van der Waals surface area contributed by atoms with Gasteiger partial charge < -0.3 is 4.74 Å². The normalized spacial score (nSPS) is 10.5. The van der Waals surface area contributed by atoms with Crippen LogP contribution >= 0.6 is 11.8 Å². The van der Waals surface area contributed by atoms with Crippen molar-refractivity contribution in [3.63, 3.8) is 0 Å². The zero-order chi connectivity index (χ0) is 15.4. The van der Waals surface area contributed by atoms with Gasteiger partial charge >= 0.3 is 0 Å². The van der Waals surface area contributed by atoms with E-state index in [9.17, 15) is 4.39 Å². The molecule has 0 aliphatic carbocycles. The molecule has 110 valence electrons. The van der Waals surface area contributed by atoms with E-state index in [2.05, 4.69) is 15.0 Å². The molecule has 6 heteroatoms. The van der Waals surface area contributed by atoms with E-state index in [0.29, 0.717) is 21.7 Å². The lowest BCUT2D eigenvalue weighted by Crippen LogP contribution is -1.95. The standard InChI is InChI=1S/C16H12FN3OS/c1-11-9-15(21-12-5-3-2-4-6-12)20-16(19-11)22-14-7-8-18-10-13(14)17/h2-10H,1H3. The van der Waals surface area contributed by atoms with Crippen molar-refractivity contribution >= 4 is 11.8 Å². The molecule has 3 aromatic rings.